The molecule has 0 radical (unpaired) electrons. The van der Waals surface area contributed by atoms with Gasteiger partial charge in [0, 0.05) is 6.04 Å². The molecule has 2 bridgehead atoms. The van der Waals surface area contributed by atoms with Crippen LogP contribution in [0.25, 0.3) is 11.0 Å². The first-order chi connectivity index (χ1) is 11.7. The van der Waals surface area contributed by atoms with Crippen molar-refractivity contribution < 1.29 is 9.76 Å². The summed E-state index contributed by atoms with van der Waals surface area (Å²) in [5.74, 6) is 1.79. The number of H-pyrrole nitrogens is 1. The molecule has 2 aromatic rings. The third-order valence-electron chi connectivity index (χ3n) is 6.29. The minimum atomic E-state index is -0.897. The van der Waals surface area contributed by atoms with Crippen LogP contribution in [0.1, 0.15) is 58.8 Å². The number of hydrogen-bond acceptors (Lipinski definition) is 4. The summed E-state index contributed by atoms with van der Waals surface area (Å²) in [5.41, 5.74) is 1.63. The highest BCUT2D eigenvalue weighted by Gasteiger charge is 2.41. The fourth-order valence-electron chi connectivity index (χ4n) is 3.92. The van der Waals surface area contributed by atoms with Crippen LogP contribution in [0.15, 0.2) is 18.2 Å². The van der Waals surface area contributed by atoms with Gasteiger partial charge in [-0.15, -0.1) is 0 Å². The Balaban J connectivity index is 1.51. The Bertz CT molecular complexity index is 781. The van der Waals surface area contributed by atoms with Gasteiger partial charge in [-0.2, -0.15) is 0 Å². The van der Waals surface area contributed by atoms with E-state index >= 15 is 0 Å². The molecule has 1 aliphatic carbocycles. The fraction of sp³-hybridized carbons (Fsp3) is 0.632. The highest BCUT2D eigenvalue weighted by atomic mass is 16.5. The predicted molar refractivity (Wildman–Crippen MR) is 101 cm³/mol. The molecule has 25 heavy (non-hydrogen) atoms. The van der Waals surface area contributed by atoms with Crippen LogP contribution in [0.3, 0.4) is 0 Å². The molecule has 0 spiro atoms. The molecule has 134 valence electrons. The number of benzene rings is 1. The van der Waals surface area contributed by atoms with E-state index in [9.17, 15) is 5.11 Å². The maximum atomic E-state index is 10.2. The number of rotatable bonds is 5. The predicted octanol–water partition coefficient (Wildman–Crippen LogP) is 1.92. The second kappa shape index (κ2) is 5.83. The van der Waals surface area contributed by atoms with E-state index in [-0.39, 0.29) is 0 Å². The van der Waals surface area contributed by atoms with Crippen molar-refractivity contribution in [3.63, 3.8) is 0 Å². The van der Waals surface area contributed by atoms with Crippen molar-refractivity contribution in [2.75, 3.05) is 0 Å². The summed E-state index contributed by atoms with van der Waals surface area (Å²) in [7, 11) is 0.466. The van der Waals surface area contributed by atoms with E-state index in [0.29, 0.717) is 19.6 Å². The molecule has 5 nitrogen and oxygen atoms in total. The molecule has 1 aromatic carbocycles. The Kier molecular flexibility index (Phi) is 3.98. The van der Waals surface area contributed by atoms with Crippen LogP contribution in [0.5, 0.6) is 0 Å². The second-order valence-electron chi connectivity index (χ2n) is 8.75. The molecule has 6 heteroatoms. The molecule has 0 unspecified atom stereocenters. The lowest BCUT2D eigenvalue weighted by atomic mass is 9.82. The van der Waals surface area contributed by atoms with Crippen molar-refractivity contribution in [1.29, 1.82) is 0 Å². The zero-order chi connectivity index (χ0) is 17.8. The number of aromatic amines is 1. The Morgan fingerprint density at radius 2 is 2.04 bits per heavy atom. The Morgan fingerprint density at radius 3 is 2.68 bits per heavy atom. The number of nitrogens with zero attached hydrogens (tertiary/aromatic N) is 1. The van der Waals surface area contributed by atoms with Gasteiger partial charge in [-0.25, -0.2) is 4.98 Å². The van der Waals surface area contributed by atoms with E-state index in [1.165, 1.54) is 19.3 Å². The third-order valence-corrected chi connectivity index (χ3v) is 6.29. The maximum Gasteiger partial charge on any atom is 0.309 e. The SMILES string of the molecule is CC(C)(O)C(C)(C)OBc1ccc2nc([C@H]3N[C@@H]4CC[C@H]3C4)[nH]c2c1. The van der Waals surface area contributed by atoms with Crippen LogP contribution >= 0.6 is 0 Å². The van der Waals surface area contributed by atoms with E-state index in [1.54, 1.807) is 13.8 Å². The van der Waals surface area contributed by atoms with Crippen LogP contribution in [0.4, 0.5) is 0 Å². The van der Waals surface area contributed by atoms with Gasteiger partial charge in [-0.05, 0) is 65.0 Å². The molecule has 1 aliphatic heterocycles. The number of hydrogen-bond donors (Lipinski definition) is 3. The number of aromatic nitrogens is 2. The van der Waals surface area contributed by atoms with Crippen molar-refractivity contribution >= 4 is 24.0 Å². The highest BCUT2D eigenvalue weighted by Crippen LogP contribution is 2.42. The van der Waals surface area contributed by atoms with Crippen LogP contribution in [-0.4, -0.2) is 39.8 Å². The van der Waals surface area contributed by atoms with Crippen LogP contribution < -0.4 is 10.8 Å². The van der Waals surface area contributed by atoms with E-state index < -0.39 is 11.2 Å². The van der Waals surface area contributed by atoms with Gasteiger partial charge in [0.15, 0.2) is 0 Å². The normalized spacial score (nSPS) is 26.5. The molecule has 0 amide bonds. The Hall–Kier alpha value is -1.37. The average Bonchev–Trinajstić information content (AvgIpc) is 3.25. The quantitative estimate of drug-likeness (QED) is 0.727. The van der Waals surface area contributed by atoms with Crippen molar-refractivity contribution in [3.8, 4) is 0 Å². The average molecular weight is 341 g/mol. The van der Waals surface area contributed by atoms with Crippen molar-refractivity contribution in [3.05, 3.63) is 24.0 Å². The summed E-state index contributed by atoms with van der Waals surface area (Å²) in [4.78, 5) is 8.32. The van der Waals surface area contributed by atoms with Crippen molar-refractivity contribution in [2.24, 2.45) is 5.92 Å². The molecule has 2 aliphatic rings. The van der Waals surface area contributed by atoms with Gasteiger partial charge < -0.3 is 20.1 Å². The third kappa shape index (κ3) is 3.11. The minimum absolute atomic E-state index is 0.375. The minimum Gasteiger partial charge on any atom is -0.427 e. The fourth-order valence-corrected chi connectivity index (χ4v) is 3.92. The summed E-state index contributed by atoms with van der Waals surface area (Å²) in [6.45, 7) is 7.39. The van der Waals surface area contributed by atoms with Gasteiger partial charge in [0.2, 0.25) is 0 Å². The topological polar surface area (TPSA) is 70.2 Å². The number of aliphatic hydroxyl groups is 1. The lowest BCUT2D eigenvalue weighted by Crippen LogP contribution is -2.49. The van der Waals surface area contributed by atoms with E-state index in [4.69, 9.17) is 9.64 Å². The zero-order valence-corrected chi connectivity index (χ0v) is 15.6. The number of piperidine rings is 1. The lowest BCUT2D eigenvalue weighted by Gasteiger charge is -2.37. The molecule has 1 aromatic heterocycles. The molecular formula is C19H28BN3O2. The first-order valence-electron chi connectivity index (χ1n) is 9.34. The Labute approximate surface area is 149 Å². The van der Waals surface area contributed by atoms with Gasteiger partial charge in [0.05, 0.1) is 28.3 Å². The molecule has 3 atom stereocenters. The Morgan fingerprint density at radius 1 is 1.24 bits per heavy atom. The van der Waals surface area contributed by atoms with Crippen molar-refractivity contribution in [1.82, 2.24) is 15.3 Å². The molecule has 2 heterocycles. The molecule has 2 fully saturated rings. The molecular weight excluding hydrogens is 313 g/mol. The largest absolute Gasteiger partial charge is 0.427 e. The summed E-state index contributed by atoms with van der Waals surface area (Å²) in [5, 5.41) is 13.9. The highest BCUT2D eigenvalue weighted by molar-refractivity contribution is 6.47. The maximum absolute atomic E-state index is 10.2. The van der Waals surface area contributed by atoms with Crippen LogP contribution in [0.2, 0.25) is 0 Å². The monoisotopic (exact) mass is 341 g/mol. The van der Waals surface area contributed by atoms with Gasteiger partial charge in [0.1, 0.15) is 5.82 Å². The summed E-state index contributed by atoms with van der Waals surface area (Å²) in [6, 6.07) is 7.27. The molecule has 3 N–H and O–H groups in total. The van der Waals surface area contributed by atoms with Crippen LogP contribution in [-0.2, 0) is 4.65 Å². The number of imidazole rings is 1. The van der Waals surface area contributed by atoms with E-state index in [2.05, 4.69) is 28.5 Å². The molecule has 1 saturated carbocycles. The van der Waals surface area contributed by atoms with E-state index in [1.807, 2.05) is 13.8 Å². The van der Waals surface area contributed by atoms with E-state index in [0.717, 1.165) is 28.2 Å². The van der Waals surface area contributed by atoms with Gasteiger partial charge in [-0.3, -0.25) is 0 Å². The first-order valence-corrected chi connectivity index (χ1v) is 9.34. The summed E-state index contributed by atoms with van der Waals surface area (Å²) in [6.07, 6.45) is 3.90. The van der Waals surface area contributed by atoms with Crippen molar-refractivity contribution in [2.45, 2.75) is 70.2 Å². The smallest absolute Gasteiger partial charge is 0.309 e. The lowest BCUT2D eigenvalue weighted by molar-refractivity contribution is -0.0893. The van der Waals surface area contributed by atoms with Gasteiger partial charge in [0.25, 0.3) is 0 Å². The second-order valence-corrected chi connectivity index (χ2v) is 8.75. The number of fused-ring (bicyclic) bond motifs is 3. The van der Waals surface area contributed by atoms with Gasteiger partial charge in [-0.1, -0.05) is 11.5 Å². The van der Waals surface area contributed by atoms with Crippen LogP contribution in [0, 0.1) is 5.92 Å². The molecule has 4 rings (SSSR count). The first kappa shape index (κ1) is 17.1. The summed E-state index contributed by atoms with van der Waals surface area (Å²) < 4.78 is 5.98. The zero-order valence-electron chi connectivity index (χ0n) is 15.6. The van der Waals surface area contributed by atoms with Gasteiger partial charge >= 0.3 is 7.48 Å². The number of nitrogens with one attached hydrogen (secondary N) is 2. The summed E-state index contributed by atoms with van der Waals surface area (Å²) >= 11 is 0. The molecule has 1 saturated heterocycles. The standard InChI is InChI=1S/C19H28BN3O2/c1-18(2,24)19(3,4)25-20-12-6-8-14-15(10-12)23-17(22-14)16-11-5-7-13(9-11)21-16/h6,8,10-11,13,16,20-21,24H,5,7,9H2,1-4H3,(H,22,23)/t11-,13+,16-/m0/s1.